The first-order valence-electron chi connectivity index (χ1n) is 6.56. The van der Waals surface area contributed by atoms with E-state index in [2.05, 4.69) is 24.5 Å². The van der Waals surface area contributed by atoms with Crippen molar-refractivity contribution in [1.82, 2.24) is 10.6 Å². The molecular weight excluding hydrogens is 214 g/mol. The predicted molar refractivity (Wildman–Crippen MR) is 67.2 cm³/mol. The number of nitriles is 1. The van der Waals surface area contributed by atoms with Crippen molar-refractivity contribution in [2.75, 3.05) is 13.1 Å². The second-order valence-corrected chi connectivity index (χ2v) is 4.85. The summed E-state index contributed by atoms with van der Waals surface area (Å²) in [5.41, 5.74) is 0. The minimum Gasteiger partial charge on any atom is -0.354 e. The van der Waals surface area contributed by atoms with Crippen molar-refractivity contribution in [3.63, 3.8) is 0 Å². The lowest BCUT2D eigenvalue weighted by Gasteiger charge is -2.20. The van der Waals surface area contributed by atoms with Gasteiger partial charge in [-0.1, -0.05) is 20.3 Å². The maximum Gasteiger partial charge on any atom is 0.233 e. The minimum absolute atomic E-state index is 0.00704. The van der Waals surface area contributed by atoms with Gasteiger partial charge in [-0.2, -0.15) is 5.26 Å². The molecule has 0 spiro atoms. The van der Waals surface area contributed by atoms with Gasteiger partial charge in [0.15, 0.2) is 0 Å². The van der Waals surface area contributed by atoms with Gasteiger partial charge < -0.3 is 10.6 Å². The third-order valence-corrected chi connectivity index (χ3v) is 3.83. The van der Waals surface area contributed by atoms with Crippen molar-refractivity contribution in [2.45, 2.75) is 45.6 Å². The Labute approximate surface area is 104 Å². The molecule has 1 rings (SSSR count). The van der Waals surface area contributed by atoms with Crippen LogP contribution in [-0.2, 0) is 4.79 Å². The van der Waals surface area contributed by atoms with Crippen LogP contribution >= 0.6 is 0 Å². The lowest BCUT2D eigenvalue weighted by Crippen LogP contribution is -2.41. The van der Waals surface area contributed by atoms with Crippen LogP contribution in [0, 0.1) is 23.2 Å². The van der Waals surface area contributed by atoms with Crippen LogP contribution in [0.25, 0.3) is 0 Å². The van der Waals surface area contributed by atoms with Crippen LogP contribution < -0.4 is 10.6 Å². The quantitative estimate of drug-likeness (QED) is 0.687. The minimum atomic E-state index is -0.00704. The highest BCUT2D eigenvalue weighted by atomic mass is 16.1. The van der Waals surface area contributed by atoms with E-state index in [0.717, 1.165) is 5.92 Å². The second-order valence-electron chi connectivity index (χ2n) is 4.85. The summed E-state index contributed by atoms with van der Waals surface area (Å²) in [7, 11) is 0. The smallest absolute Gasteiger partial charge is 0.233 e. The third kappa shape index (κ3) is 4.35. The summed E-state index contributed by atoms with van der Waals surface area (Å²) in [5.74, 6) is 1.45. The van der Waals surface area contributed by atoms with E-state index in [9.17, 15) is 4.79 Å². The third-order valence-electron chi connectivity index (χ3n) is 3.83. The number of nitrogens with zero attached hydrogens (tertiary/aromatic N) is 1. The van der Waals surface area contributed by atoms with Crippen molar-refractivity contribution in [2.24, 2.45) is 11.8 Å². The molecule has 1 aliphatic rings. The van der Waals surface area contributed by atoms with Gasteiger partial charge in [-0.25, -0.2) is 0 Å². The Bertz CT molecular complexity index is 285. The van der Waals surface area contributed by atoms with Crippen molar-refractivity contribution < 1.29 is 4.79 Å². The molecule has 4 heteroatoms. The van der Waals surface area contributed by atoms with Crippen molar-refractivity contribution >= 4 is 5.91 Å². The molecule has 1 saturated carbocycles. The molecule has 3 unspecified atom stereocenters. The van der Waals surface area contributed by atoms with Gasteiger partial charge in [-0.3, -0.25) is 4.79 Å². The van der Waals surface area contributed by atoms with Crippen LogP contribution in [0.4, 0.5) is 0 Å². The normalized spacial score (nSPS) is 27.7. The number of nitrogens with one attached hydrogen (secondary N) is 2. The lowest BCUT2D eigenvalue weighted by molar-refractivity contribution is -0.120. The fourth-order valence-corrected chi connectivity index (χ4v) is 2.66. The molecule has 3 atom stereocenters. The highest BCUT2D eigenvalue weighted by molar-refractivity contribution is 5.78. The first-order chi connectivity index (χ1) is 8.19. The zero-order valence-corrected chi connectivity index (χ0v) is 10.8. The van der Waals surface area contributed by atoms with Crippen LogP contribution in [0.3, 0.4) is 0 Å². The summed E-state index contributed by atoms with van der Waals surface area (Å²) >= 11 is 0. The van der Waals surface area contributed by atoms with E-state index >= 15 is 0 Å². The van der Waals surface area contributed by atoms with E-state index in [1.807, 2.05) is 6.07 Å². The Hall–Kier alpha value is -1.08. The highest BCUT2D eigenvalue weighted by Crippen LogP contribution is 2.33. The maximum atomic E-state index is 11.4. The standard InChI is InChI=1S/C13H23N3O/c1-3-11-5-6-12(10(11)2)16-9-13(17)15-8-4-7-14/h10-12,16H,3-6,8-9H2,1-2H3,(H,15,17). The molecule has 96 valence electrons. The summed E-state index contributed by atoms with van der Waals surface area (Å²) in [6.07, 6.45) is 4.05. The molecule has 4 nitrogen and oxygen atoms in total. The Kier molecular flexibility index (Phi) is 5.99. The van der Waals surface area contributed by atoms with E-state index in [-0.39, 0.29) is 5.91 Å². The fraction of sp³-hybridized carbons (Fsp3) is 0.846. The molecule has 2 N–H and O–H groups in total. The van der Waals surface area contributed by atoms with Crippen LogP contribution in [0.5, 0.6) is 0 Å². The molecule has 0 saturated heterocycles. The maximum absolute atomic E-state index is 11.4. The van der Waals surface area contributed by atoms with Crippen molar-refractivity contribution in [3.8, 4) is 6.07 Å². The Morgan fingerprint density at radius 1 is 1.47 bits per heavy atom. The van der Waals surface area contributed by atoms with Gasteiger partial charge in [0.2, 0.25) is 5.91 Å². The van der Waals surface area contributed by atoms with Gasteiger partial charge in [0.05, 0.1) is 19.0 Å². The molecule has 0 aromatic carbocycles. The van der Waals surface area contributed by atoms with E-state index in [4.69, 9.17) is 5.26 Å². The SMILES string of the molecule is CCC1CCC(NCC(=O)NCCC#N)C1C. The molecule has 0 aromatic rings. The Morgan fingerprint density at radius 3 is 2.82 bits per heavy atom. The molecule has 1 aliphatic carbocycles. The van der Waals surface area contributed by atoms with Crippen LogP contribution in [0.2, 0.25) is 0 Å². The van der Waals surface area contributed by atoms with Gasteiger partial charge in [0.25, 0.3) is 0 Å². The zero-order valence-electron chi connectivity index (χ0n) is 10.8. The van der Waals surface area contributed by atoms with E-state index in [1.165, 1.54) is 19.3 Å². The van der Waals surface area contributed by atoms with Crippen molar-refractivity contribution in [1.29, 1.82) is 5.26 Å². The summed E-state index contributed by atoms with van der Waals surface area (Å²) in [6.45, 7) is 5.33. The monoisotopic (exact) mass is 237 g/mol. The Balaban J connectivity index is 2.18. The van der Waals surface area contributed by atoms with Gasteiger partial charge in [0, 0.05) is 12.6 Å². The molecule has 0 bridgehead atoms. The van der Waals surface area contributed by atoms with Crippen molar-refractivity contribution in [3.05, 3.63) is 0 Å². The number of carbonyl (C=O) groups excluding carboxylic acids is 1. The lowest BCUT2D eigenvalue weighted by atomic mass is 9.93. The van der Waals surface area contributed by atoms with E-state index < -0.39 is 0 Å². The number of rotatable bonds is 6. The number of amides is 1. The summed E-state index contributed by atoms with van der Waals surface area (Å²) < 4.78 is 0. The summed E-state index contributed by atoms with van der Waals surface area (Å²) in [4.78, 5) is 11.4. The largest absolute Gasteiger partial charge is 0.354 e. The van der Waals surface area contributed by atoms with Gasteiger partial charge in [-0.05, 0) is 24.7 Å². The molecule has 0 aromatic heterocycles. The highest BCUT2D eigenvalue weighted by Gasteiger charge is 2.31. The number of hydrogen-bond donors (Lipinski definition) is 2. The molecular formula is C13H23N3O. The number of hydrogen-bond acceptors (Lipinski definition) is 3. The average Bonchev–Trinajstić information content (AvgIpc) is 2.68. The van der Waals surface area contributed by atoms with E-state index in [1.54, 1.807) is 0 Å². The predicted octanol–water partition coefficient (Wildman–Crippen LogP) is 1.43. The molecule has 1 fully saturated rings. The van der Waals surface area contributed by atoms with Crippen LogP contribution in [0.1, 0.15) is 39.5 Å². The summed E-state index contributed by atoms with van der Waals surface area (Å²) in [6, 6.07) is 2.48. The Morgan fingerprint density at radius 2 is 2.24 bits per heavy atom. The van der Waals surface area contributed by atoms with Gasteiger partial charge >= 0.3 is 0 Å². The van der Waals surface area contributed by atoms with Gasteiger partial charge in [0.1, 0.15) is 0 Å². The number of carbonyl (C=O) groups is 1. The molecule has 0 aliphatic heterocycles. The summed E-state index contributed by atoms with van der Waals surface area (Å²) in [5, 5.41) is 14.4. The molecule has 17 heavy (non-hydrogen) atoms. The second kappa shape index (κ2) is 7.29. The van der Waals surface area contributed by atoms with Crippen LogP contribution in [-0.4, -0.2) is 25.0 Å². The van der Waals surface area contributed by atoms with E-state index in [0.29, 0.717) is 31.5 Å². The molecule has 0 radical (unpaired) electrons. The molecule has 0 heterocycles. The topological polar surface area (TPSA) is 64.9 Å². The fourth-order valence-electron chi connectivity index (χ4n) is 2.66. The average molecular weight is 237 g/mol. The zero-order chi connectivity index (χ0) is 12.7. The molecule has 1 amide bonds. The first kappa shape index (κ1) is 14.0. The van der Waals surface area contributed by atoms with Gasteiger partial charge in [-0.15, -0.1) is 0 Å². The van der Waals surface area contributed by atoms with Crippen LogP contribution in [0.15, 0.2) is 0 Å². The first-order valence-corrected chi connectivity index (χ1v) is 6.56.